The van der Waals surface area contributed by atoms with Crippen molar-refractivity contribution in [2.45, 2.75) is 53.1 Å². The fraction of sp³-hybridized carbons (Fsp3) is 0.444. The highest BCUT2D eigenvalue weighted by atomic mass is 32.1. The lowest BCUT2D eigenvalue weighted by Crippen LogP contribution is -2.46. The molecule has 1 atom stereocenters. The van der Waals surface area contributed by atoms with Crippen molar-refractivity contribution < 1.29 is 28.6 Å². The van der Waals surface area contributed by atoms with Crippen molar-refractivity contribution in [2.24, 2.45) is 0 Å². The van der Waals surface area contributed by atoms with E-state index in [0.29, 0.717) is 23.4 Å². The van der Waals surface area contributed by atoms with Crippen molar-refractivity contribution in [3.8, 4) is 11.8 Å². The van der Waals surface area contributed by atoms with Gasteiger partial charge in [-0.15, -0.1) is 11.3 Å². The molecule has 0 spiro atoms. The third-order valence-electron chi connectivity index (χ3n) is 5.89. The zero-order valence-electron chi connectivity index (χ0n) is 23.1. The van der Waals surface area contributed by atoms with E-state index in [1.54, 1.807) is 26.8 Å². The molecule has 2 aromatic heterocycles. The quantitative estimate of drug-likeness (QED) is 0.350. The van der Waals surface area contributed by atoms with E-state index in [-0.39, 0.29) is 47.7 Å². The molecule has 0 radical (unpaired) electrons. The number of nitrogens with one attached hydrogen (secondary N) is 1. The van der Waals surface area contributed by atoms with Crippen molar-refractivity contribution in [3.63, 3.8) is 0 Å². The Hall–Kier alpha value is -4.02. The first-order chi connectivity index (χ1) is 19.1. The number of aliphatic hydroxyl groups excluding tert-OH is 1. The second-order valence-electron chi connectivity index (χ2n) is 8.47. The van der Waals surface area contributed by atoms with Crippen molar-refractivity contribution in [2.75, 3.05) is 26.9 Å². The highest BCUT2D eigenvalue weighted by Crippen LogP contribution is 2.29. The molecule has 1 aromatic carbocycles. The SMILES string of the molecule is CCNC(=O)C(C)n1c(=O)c2c(C)c(C(=O)OCC)sc2n(CCc2cc(F)ccc2OC)c1=O.N#CCCO. The molecule has 11 nitrogen and oxygen atoms in total. The molecule has 13 heteroatoms. The lowest BCUT2D eigenvalue weighted by molar-refractivity contribution is -0.123. The molecule has 0 saturated carbocycles. The summed E-state index contributed by atoms with van der Waals surface area (Å²) in [6.07, 6.45) is 0.454. The monoisotopic (exact) mass is 576 g/mol. The van der Waals surface area contributed by atoms with Gasteiger partial charge in [0.05, 0.1) is 38.2 Å². The predicted molar refractivity (Wildman–Crippen MR) is 148 cm³/mol. The maximum Gasteiger partial charge on any atom is 0.348 e. The van der Waals surface area contributed by atoms with Gasteiger partial charge in [-0.3, -0.25) is 14.2 Å². The molecule has 2 N–H and O–H groups in total. The molecule has 1 unspecified atom stereocenters. The first kappa shape index (κ1) is 32.2. The molecule has 0 fully saturated rings. The number of likely N-dealkylation sites (N-methyl/N-ethyl adjacent to an activating group) is 1. The van der Waals surface area contributed by atoms with Crippen LogP contribution in [0.2, 0.25) is 0 Å². The Bertz CT molecular complexity index is 1520. The number of nitrogens with zero attached hydrogens (tertiary/aromatic N) is 3. The van der Waals surface area contributed by atoms with Crippen molar-refractivity contribution in [3.05, 3.63) is 60.9 Å². The molecule has 0 aliphatic rings. The average Bonchev–Trinajstić information content (AvgIpc) is 3.27. The zero-order chi connectivity index (χ0) is 30.0. The summed E-state index contributed by atoms with van der Waals surface area (Å²) in [5, 5.41) is 18.3. The standard InChI is InChI=1S/C24H28FN3O6S.C3H5NO/c1-6-26-20(29)14(4)28-21(30)18-13(3)19(23(31)34-7-2)35-22(18)27(24(28)32)11-10-15-12-16(25)8-9-17(15)33-5;4-2-1-3-5/h8-9,12,14H,6-7,10-11H2,1-5H3,(H,26,29);5H,1,3H2. The number of aromatic nitrogens is 2. The fourth-order valence-electron chi connectivity index (χ4n) is 3.96. The summed E-state index contributed by atoms with van der Waals surface area (Å²) in [4.78, 5) is 52.5. The Labute approximate surface area is 234 Å². The van der Waals surface area contributed by atoms with E-state index < -0.39 is 35.0 Å². The summed E-state index contributed by atoms with van der Waals surface area (Å²) in [6.45, 7) is 7.00. The second kappa shape index (κ2) is 14.9. The summed E-state index contributed by atoms with van der Waals surface area (Å²) in [5.74, 6) is -1.08. The number of fused-ring (bicyclic) bond motifs is 1. The molecule has 40 heavy (non-hydrogen) atoms. The third-order valence-corrected chi connectivity index (χ3v) is 7.19. The number of esters is 1. The number of nitriles is 1. The van der Waals surface area contributed by atoms with Gasteiger partial charge in [0, 0.05) is 13.1 Å². The summed E-state index contributed by atoms with van der Waals surface area (Å²) in [5.41, 5.74) is -0.454. The van der Waals surface area contributed by atoms with Gasteiger partial charge < -0.3 is 19.9 Å². The van der Waals surface area contributed by atoms with Crippen LogP contribution in [0, 0.1) is 24.1 Å². The normalized spacial score (nSPS) is 11.2. The minimum absolute atomic E-state index is 0.0174. The number of thiophene rings is 1. The van der Waals surface area contributed by atoms with Gasteiger partial charge in [0.15, 0.2) is 0 Å². The number of hydrogen-bond acceptors (Lipinski definition) is 9. The number of aliphatic hydroxyl groups is 1. The molecule has 3 rings (SSSR count). The Balaban J connectivity index is 0.00000103. The first-order valence-electron chi connectivity index (χ1n) is 12.6. The highest BCUT2D eigenvalue weighted by molar-refractivity contribution is 7.20. The molecule has 0 aliphatic heterocycles. The number of methoxy groups -OCH3 is 1. The maximum atomic E-state index is 13.9. The van der Waals surface area contributed by atoms with E-state index in [2.05, 4.69) is 5.32 Å². The lowest BCUT2D eigenvalue weighted by Gasteiger charge is -2.17. The first-order valence-corrected chi connectivity index (χ1v) is 13.4. The van der Waals surface area contributed by atoms with Crippen molar-refractivity contribution >= 4 is 33.4 Å². The number of benzene rings is 1. The second-order valence-corrected chi connectivity index (χ2v) is 9.47. The zero-order valence-corrected chi connectivity index (χ0v) is 23.9. The number of halogens is 1. The van der Waals surface area contributed by atoms with Crippen LogP contribution in [0.3, 0.4) is 0 Å². The Morgan fingerprint density at radius 1 is 1.27 bits per heavy atom. The Morgan fingerprint density at radius 2 is 1.98 bits per heavy atom. The summed E-state index contributed by atoms with van der Waals surface area (Å²) >= 11 is 0.983. The van der Waals surface area contributed by atoms with Gasteiger partial charge in [-0.25, -0.2) is 18.5 Å². The largest absolute Gasteiger partial charge is 0.496 e. The minimum Gasteiger partial charge on any atom is -0.496 e. The van der Waals surface area contributed by atoms with Crippen LogP contribution in [0.25, 0.3) is 10.2 Å². The number of carbonyl (C=O) groups is 2. The van der Waals surface area contributed by atoms with Crippen LogP contribution in [-0.4, -0.2) is 53.0 Å². The van der Waals surface area contributed by atoms with Crippen LogP contribution in [0.4, 0.5) is 4.39 Å². The molecule has 2 heterocycles. The molecule has 0 saturated heterocycles. The van der Waals surface area contributed by atoms with Crippen LogP contribution < -0.4 is 21.3 Å². The van der Waals surface area contributed by atoms with Gasteiger partial charge in [0.2, 0.25) is 5.91 Å². The summed E-state index contributed by atoms with van der Waals surface area (Å²) in [7, 11) is 1.46. The van der Waals surface area contributed by atoms with Crippen LogP contribution >= 0.6 is 11.3 Å². The number of amides is 1. The van der Waals surface area contributed by atoms with E-state index in [1.807, 2.05) is 0 Å². The highest BCUT2D eigenvalue weighted by Gasteiger charge is 2.27. The Morgan fingerprint density at radius 3 is 2.52 bits per heavy atom. The van der Waals surface area contributed by atoms with Crippen LogP contribution in [0.1, 0.15) is 54.0 Å². The van der Waals surface area contributed by atoms with E-state index in [4.69, 9.17) is 19.8 Å². The molecule has 0 aliphatic carbocycles. The van der Waals surface area contributed by atoms with Crippen molar-refractivity contribution in [1.82, 2.24) is 14.5 Å². The fourth-order valence-corrected chi connectivity index (χ4v) is 5.17. The molecule has 1 amide bonds. The number of carbonyl (C=O) groups excluding carboxylic acids is 2. The predicted octanol–water partition coefficient (Wildman–Crippen LogP) is 2.69. The number of ether oxygens (including phenoxy) is 2. The van der Waals surface area contributed by atoms with Crippen LogP contribution in [0.5, 0.6) is 5.75 Å². The van der Waals surface area contributed by atoms with Crippen molar-refractivity contribution in [1.29, 1.82) is 5.26 Å². The van der Waals surface area contributed by atoms with Gasteiger partial charge in [0.25, 0.3) is 5.56 Å². The van der Waals surface area contributed by atoms with E-state index >= 15 is 0 Å². The van der Waals surface area contributed by atoms with E-state index in [9.17, 15) is 23.6 Å². The minimum atomic E-state index is -1.08. The maximum absolute atomic E-state index is 13.9. The summed E-state index contributed by atoms with van der Waals surface area (Å²) < 4.78 is 26.5. The van der Waals surface area contributed by atoms with Gasteiger partial charge in [0.1, 0.15) is 27.3 Å². The topological polar surface area (TPSA) is 153 Å². The number of aryl methyl sites for hydroxylation is 3. The number of rotatable bonds is 10. The lowest BCUT2D eigenvalue weighted by atomic mass is 10.1. The van der Waals surface area contributed by atoms with E-state index in [1.165, 1.54) is 36.8 Å². The molecular weight excluding hydrogens is 543 g/mol. The molecule has 0 bridgehead atoms. The number of hydrogen-bond donors (Lipinski definition) is 2. The average molecular weight is 577 g/mol. The molecule has 216 valence electrons. The molecular formula is C27H33FN4O7S. The molecule has 3 aromatic rings. The smallest absolute Gasteiger partial charge is 0.348 e. The Kier molecular flexibility index (Phi) is 12.0. The third kappa shape index (κ3) is 7.13. The van der Waals surface area contributed by atoms with Gasteiger partial charge >= 0.3 is 11.7 Å². The van der Waals surface area contributed by atoms with Crippen LogP contribution in [0.15, 0.2) is 27.8 Å². The summed E-state index contributed by atoms with van der Waals surface area (Å²) in [6, 6.07) is 4.77. The van der Waals surface area contributed by atoms with Gasteiger partial charge in [-0.05, 0) is 63.4 Å². The van der Waals surface area contributed by atoms with Crippen LogP contribution in [-0.2, 0) is 22.5 Å². The van der Waals surface area contributed by atoms with E-state index in [0.717, 1.165) is 15.9 Å². The van der Waals surface area contributed by atoms with Gasteiger partial charge in [-0.2, -0.15) is 5.26 Å². The van der Waals surface area contributed by atoms with Gasteiger partial charge in [-0.1, -0.05) is 0 Å².